The summed E-state index contributed by atoms with van der Waals surface area (Å²) in [6.45, 7) is 0.576. The zero-order valence-corrected chi connectivity index (χ0v) is 11.7. The lowest BCUT2D eigenvalue weighted by Gasteiger charge is -2.05. The summed E-state index contributed by atoms with van der Waals surface area (Å²) >= 11 is 5.85. The Morgan fingerprint density at radius 1 is 1.15 bits per heavy atom. The van der Waals surface area contributed by atoms with Crippen molar-refractivity contribution in [3.63, 3.8) is 0 Å². The smallest absolute Gasteiger partial charge is 0.167 e. The zero-order chi connectivity index (χ0) is 14.5. The maximum atomic E-state index is 13.3. The van der Waals surface area contributed by atoms with E-state index < -0.39 is 5.82 Å². The van der Waals surface area contributed by atoms with Gasteiger partial charge in [0.05, 0.1) is 5.02 Å². The van der Waals surface area contributed by atoms with Gasteiger partial charge in [0.25, 0.3) is 0 Å². The SMILES string of the molecule is NCCc1ccc(C(=O)Cc2cccc(F)c2Cl)cc1. The number of carbonyl (C=O) groups excluding carboxylic acids is 1. The lowest BCUT2D eigenvalue weighted by Crippen LogP contribution is -2.06. The van der Waals surface area contributed by atoms with Crippen LogP contribution in [0.3, 0.4) is 0 Å². The van der Waals surface area contributed by atoms with E-state index in [9.17, 15) is 9.18 Å². The fourth-order valence-electron chi connectivity index (χ4n) is 1.98. The standard InChI is InChI=1S/C16H15ClFNO/c17-16-13(2-1-3-14(16)18)10-15(20)12-6-4-11(5-7-12)8-9-19/h1-7H,8-10,19H2. The van der Waals surface area contributed by atoms with Gasteiger partial charge in [-0.05, 0) is 30.2 Å². The van der Waals surface area contributed by atoms with Crippen LogP contribution in [-0.4, -0.2) is 12.3 Å². The first-order chi connectivity index (χ1) is 9.61. The highest BCUT2D eigenvalue weighted by atomic mass is 35.5. The Balaban J connectivity index is 2.13. The Hall–Kier alpha value is -1.71. The molecule has 20 heavy (non-hydrogen) atoms. The first-order valence-electron chi connectivity index (χ1n) is 6.37. The molecule has 2 aromatic carbocycles. The van der Waals surface area contributed by atoms with Gasteiger partial charge >= 0.3 is 0 Å². The summed E-state index contributed by atoms with van der Waals surface area (Å²) in [5.74, 6) is -0.591. The predicted octanol–water partition coefficient (Wildman–Crippen LogP) is 3.41. The number of rotatable bonds is 5. The zero-order valence-electron chi connectivity index (χ0n) is 10.9. The quantitative estimate of drug-likeness (QED) is 0.858. The lowest BCUT2D eigenvalue weighted by atomic mass is 10.0. The number of halogens is 2. The van der Waals surface area contributed by atoms with Crippen molar-refractivity contribution in [2.24, 2.45) is 5.73 Å². The maximum absolute atomic E-state index is 13.3. The Labute approximate surface area is 122 Å². The van der Waals surface area contributed by atoms with Gasteiger partial charge in [-0.3, -0.25) is 4.79 Å². The minimum Gasteiger partial charge on any atom is -0.330 e. The topological polar surface area (TPSA) is 43.1 Å². The molecule has 2 rings (SSSR count). The Bertz CT molecular complexity index is 610. The summed E-state index contributed by atoms with van der Waals surface area (Å²) in [4.78, 5) is 12.1. The van der Waals surface area contributed by atoms with Gasteiger partial charge in [0, 0.05) is 12.0 Å². The third-order valence-corrected chi connectivity index (χ3v) is 3.51. The molecule has 104 valence electrons. The Morgan fingerprint density at radius 2 is 1.85 bits per heavy atom. The van der Waals surface area contributed by atoms with Crippen LogP contribution < -0.4 is 5.73 Å². The van der Waals surface area contributed by atoms with Crippen molar-refractivity contribution in [2.45, 2.75) is 12.8 Å². The molecule has 0 aromatic heterocycles. The second kappa shape index (κ2) is 6.64. The van der Waals surface area contributed by atoms with Crippen LogP contribution in [0.1, 0.15) is 21.5 Å². The number of hydrogen-bond acceptors (Lipinski definition) is 2. The first-order valence-corrected chi connectivity index (χ1v) is 6.74. The molecule has 0 aliphatic carbocycles. The summed E-state index contributed by atoms with van der Waals surface area (Å²) in [6, 6.07) is 11.8. The predicted molar refractivity (Wildman–Crippen MR) is 78.6 cm³/mol. The minimum atomic E-state index is -0.504. The average molecular weight is 292 g/mol. The van der Waals surface area contributed by atoms with Crippen LogP contribution in [0.15, 0.2) is 42.5 Å². The molecule has 0 aliphatic heterocycles. The van der Waals surface area contributed by atoms with Crippen LogP contribution in [0.2, 0.25) is 5.02 Å². The summed E-state index contributed by atoms with van der Waals surface area (Å²) < 4.78 is 13.3. The Kier molecular flexibility index (Phi) is 4.88. The number of benzene rings is 2. The van der Waals surface area contributed by atoms with Crippen LogP contribution in [0, 0.1) is 5.82 Å². The highest BCUT2D eigenvalue weighted by Gasteiger charge is 2.11. The molecule has 0 heterocycles. The molecule has 0 unspecified atom stereocenters. The molecule has 0 saturated heterocycles. The molecule has 0 spiro atoms. The van der Waals surface area contributed by atoms with E-state index in [1.165, 1.54) is 6.07 Å². The normalized spacial score (nSPS) is 10.6. The Morgan fingerprint density at radius 3 is 2.50 bits per heavy atom. The molecule has 0 radical (unpaired) electrons. The van der Waals surface area contributed by atoms with Crippen molar-refractivity contribution in [2.75, 3.05) is 6.54 Å². The van der Waals surface area contributed by atoms with E-state index in [1.54, 1.807) is 24.3 Å². The van der Waals surface area contributed by atoms with Crippen LogP contribution in [-0.2, 0) is 12.8 Å². The van der Waals surface area contributed by atoms with Crippen molar-refractivity contribution in [1.82, 2.24) is 0 Å². The molecule has 0 saturated carbocycles. The van der Waals surface area contributed by atoms with Gasteiger partial charge in [-0.2, -0.15) is 0 Å². The van der Waals surface area contributed by atoms with Crippen LogP contribution in [0.25, 0.3) is 0 Å². The molecule has 0 fully saturated rings. The third kappa shape index (κ3) is 3.44. The van der Waals surface area contributed by atoms with Crippen LogP contribution in [0.4, 0.5) is 4.39 Å². The summed E-state index contributed by atoms with van der Waals surface area (Å²) in [5.41, 5.74) is 7.66. The van der Waals surface area contributed by atoms with Crippen molar-refractivity contribution in [3.05, 3.63) is 70.0 Å². The molecule has 0 amide bonds. The largest absolute Gasteiger partial charge is 0.330 e. The van der Waals surface area contributed by atoms with E-state index in [4.69, 9.17) is 17.3 Å². The van der Waals surface area contributed by atoms with Crippen molar-refractivity contribution >= 4 is 17.4 Å². The van der Waals surface area contributed by atoms with Gasteiger partial charge in [-0.25, -0.2) is 4.39 Å². The molecule has 2 N–H and O–H groups in total. The average Bonchev–Trinajstić information content (AvgIpc) is 2.45. The number of Topliss-reactive ketones (excluding diaryl/α,β-unsaturated/α-hetero) is 1. The fraction of sp³-hybridized carbons (Fsp3) is 0.188. The van der Waals surface area contributed by atoms with E-state index >= 15 is 0 Å². The van der Waals surface area contributed by atoms with Gasteiger partial charge in [0.2, 0.25) is 0 Å². The van der Waals surface area contributed by atoms with Crippen molar-refractivity contribution in [1.29, 1.82) is 0 Å². The number of ketones is 1. The van der Waals surface area contributed by atoms with E-state index in [1.807, 2.05) is 12.1 Å². The minimum absolute atomic E-state index is 0.0144. The third-order valence-electron chi connectivity index (χ3n) is 3.09. The lowest BCUT2D eigenvalue weighted by molar-refractivity contribution is 0.0993. The number of carbonyl (C=O) groups is 1. The van der Waals surface area contributed by atoms with Gasteiger partial charge in [0.1, 0.15) is 5.82 Å². The van der Waals surface area contributed by atoms with Crippen LogP contribution in [0.5, 0.6) is 0 Å². The molecule has 2 nitrogen and oxygen atoms in total. The number of hydrogen-bond donors (Lipinski definition) is 1. The highest BCUT2D eigenvalue weighted by Crippen LogP contribution is 2.21. The fourth-order valence-corrected chi connectivity index (χ4v) is 2.18. The van der Waals surface area contributed by atoms with Gasteiger partial charge in [-0.1, -0.05) is 48.0 Å². The van der Waals surface area contributed by atoms with E-state index in [2.05, 4.69) is 0 Å². The molecular weight excluding hydrogens is 277 g/mol. The monoisotopic (exact) mass is 291 g/mol. The maximum Gasteiger partial charge on any atom is 0.167 e. The summed E-state index contributed by atoms with van der Waals surface area (Å²) in [5, 5.41) is 0.0144. The van der Waals surface area contributed by atoms with Gasteiger partial charge < -0.3 is 5.73 Å². The van der Waals surface area contributed by atoms with Crippen molar-refractivity contribution in [3.8, 4) is 0 Å². The molecular formula is C16H15ClFNO. The molecule has 0 atom stereocenters. The molecule has 2 aromatic rings. The molecule has 0 aliphatic rings. The van der Waals surface area contributed by atoms with E-state index in [0.29, 0.717) is 17.7 Å². The highest BCUT2D eigenvalue weighted by molar-refractivity contribution is 6.31. The molecule has 0 bridgehead atoms. The van der Waals surface area contributed by atoms with Crippen LogP contribution >= 0.6 is 11.6 Å². The summed E-state index contributed by atoms with van der Waals surface area (Å²) in [6.07, 6.45) is 0.872. The first kappa shape index (κ1) is 14.7. The van der Waals surface area contributed by atoms with Gasteiger partial charge in [0.15, 0.2) is 5.78 Å². The van der Waals surface area contributed by atoms with Crippen molar-refractivity contribution < 1.29 is 9.18 Å². The van der Waals surface area contributed by atoms with Gasteiger partial charge in [-0.15, -0.1) is 0 Å². The number of nitrogens with two attached hydrogens (primary N) is 1. The van der Waals surface area contributed by atoms with E-state index in [0.717, 1.165) is 12.0 Å². The molecule has 4 heteroatoms. The summed E-state index contributed by atoms with van der Waals surface area (Å²) in [7, 11) is 0. The van der Waals surface area contributed by atoms with E-state index in [-0.39, 0.29) is 17.2 Å². The second-order valence-electron chi connectivity index (χ2n) is 4.55. The second-order valence-corrected chi connectivity index (χ2v) is 4.93.